The van der Waals surface area contributed by atoms with Crippen molar-refractivity contribution in [2.75, 3.05) is 5.32 Å². The lowest BCUT2D eigenvalue weighted by atomic mass is 9.69. The molecular weight excluding hydrogens is 369 g/mol. The molecule has 1 aliphatic rings. The van der Waals surface area contributed by atoms with E-state index in [4.69, 9.17) is 23.2 Å². The maximum Gasteiger partial charge on any atom is 0.237 e. The Morgan fingerprint density at radius 2 is 1.73 bits per heavy atom. The first-order valence-corrected chi connectivity index (χ1v) is 9.56. The fourth-order valence-corrected chi connectivity index (χ4v) is 4.17. The third kappa shape index (κ3) is 3.08. The van der Waals surface area contributed by atoms with E-state index in [-0.39, 0.29) is 5.91 Å². The fraction of sp³-hybridized carbons (Fsp3) is 0.300. The summed E-state index contributed by atoms with van der Waals surface area (Å²) < 4.78 is 0. The molecule has 6 heteroatoms. The number of hydrogen-bond donors (Lipinski definition) is 2. The van der Waals surface area contributed by atoms with Crippen LogP contribution in [0, 0.1) is 0 Å². The molecule has 0 unspecified atom stereocenters. The first-order chi connectivity index (χ1) is 12.6. The van der Waals surface area contributed by atoms with Crippen LogP contribution in [0.5, 0.6) is 0 Å². The van der Waals surface area contributed by atoms with E-state index in [1.165, 1.54) is 6.42 Å². The Morgan fingerprint density at radius 3 is 2.46 bits per heavy atom. The summed E-state index contributed by atoms with van der Waals surface area (Å²) in [6.45, 7) is 0. The van der Waals surface area contributed by atoms with Crippen molar-refractivity contribution in [2.24, 2.45) is 0 Å². The van der Waals surface area contributed by atoms with E-state index in [1.807, 2.05) is 30.3 Å². The van der Waals surface area contributed by atoms with Gasteiger partial charge >= 0.3 is 0 Å². The van der Waals surface area contributed by atoms with Crippen LogP contribution in [0.3, 0.4) is 0 Å². The second-order valence-corrected chi connectivity index (χ2v) is 7.65. The molecule has 26 heavy (non-hydrogen) atoms. The topological polar surface area (TPSA) is 57.8 Å². The smallest absolute Gasteiger partial charge is 0.237 e. The summed E-state index contributed by atoms with van der Waals surface area (Å²) in [5.74, 6) is 0.406. The normalized spacial score (nSPS) is 16.5. The lowest BCUT2D eigenvalue weighted by molar-refractivity contribution is -0.122. The van der Waals surface area contributed by atoms with E-state index in [0.717, 1.165) is 36.8 Å². The number of anilines is 1. The summed E-state index contributed by atoms with van der Waals surface area (Å²) in [4.78, 5) is 20.8. The zero-order valence-electron chi connectivity index (χ0n) is 14.2. The average Bonchev–Trinajstić information content (AvgIpc) is 3.04. The van der Waals surface area contributed by atoms with Gasteiger partial charge in [0.1, 0.15) is 0 Å². The number of H-pyrrole nitrogens is 1. The largest absolute Gasteiger partial charge is 0.324 e. The van der Waals surface area contributed by atoms with Gasteiger partial charge in [0.15, 0.2) is 0 Å². The maximum atomic E-state index is 13.3. The van der Waals surface area contributed by atoms with Crippen molar-refractivity contribution in [3.63, 3.8) is 0 Å². The van der Waals surface area contributed by atoms with Crippen molar-refractivity contribution in [3.05, 3.63) is 58.1 Å². The molecule has 0 radical (unpaired) electrons. The Kier molecular flexibility index (Phi) is 4.63. The third-order valence-electron chi connectivity index (χ3n) is 5.22. The summed E-state index contributed by atoms with van der Waals surface area (Å²) >= 11 is 12.1. The lowest BCUT2D eigenvalue weighted by Gasteiger charge is -2.36. The van der Waals surface area contributed by atoms with Gasteiger partial charge in [-0.25, -0.2) is 4.98 Å². The number of benzene rings is 2. The van der Waals surface area contributed by atoms with Crippen molar-refractivity contribution in [1.29, 1.82) is 0 Å². The van der Waals surface area contributed by atoms with E-state index in [0.29, 0.717) is 21.5 Å². The number of carbonyl (C=O) groups is 1. The van der Waals surface area contributed by atoms with E-state index >= 15 is 0 Å². The maximum absolute atomic E-state index is 13.3. The second-order valence-electron chi connectivity index (χ2n) is 6.83. The molecule has 0 spiro atoms. The number of aromatic nitrogens is 2. The summed E-state index contributed by atoms with van der Waals surface area (Å²) in [6.07, 6.45) is 4.96. The van der Waals surface area contributed by atoms with Gasteiger partial charge in [-0.15, -0.1) is 0 Å². The SMILES string of the molecule is O=C(Nc1nc2cc(Cl)c(Cl)cc2[nH]1)C1(c2ccccc2)CCCCC1. The number of nitrogens with zero attached hydrogens (tertiary/aromatic N) is 1. The van der Waals surface area contributed by atoms with Gasteiger partial charge in [-0.2, -0.15) is 0 Å². The molecule has 1 aromatic heterocycles. The van der Waals surface area contributed by atoms with Gasteiger partial charge in [0, 0.05) is 0 Å². The van der Waals surface area contributed by atoms with Crippen LogP contribution in [0.25, 0.3) is 11.0 Å². The molecule has 1 amide bonds. The first-order valence-electron chi connectivity index (χ1n) is 8.80. The van der Waals surface area contributed by atoms with Crippen LogP contribution in [0.1, 0.15) is 37.7 Å². The minimum Gasteiger partial charge on any atom is -0.324 e. The number of rotatable bonds is 3. The van der Waals surface area contributed by atoms with Crippen molar-refractivity contribution in [2.45, 2.75) is 37.5 Å². The van der Waals surface area contributed by atoms with Crippen LogP contribution in [-0.2, 0) is 10.2 Å². The number of halogens is 2. The molecule has 3 aromatic rings. The monoisotopic (exact) mass is 387 g/mol. The Hall–Kier alpha value is -2.04. The van der Waals surface area contributed by atoms with Gasteiger partial charge in [-0.05, 0) is 30.5 Å². The molecule has 2 aromatic carbocycles. The molecule has 134 valence electrons. The van der Waals surface area contributed by atoms with Gasteiger partial charge in [0.05, 0.1) is 26.5 Å². The minimum absolute atomic E-state index is 0.0142. The highest BCUT2D eigenvalue weighted by Gasteiger charge is 2.41. The Labute approximate surface area is 161 Å². The fourth-order valence-electron chi connectivity index (χ4n) is 3.85. The number of aromatic amines is 1. The molecule has 0 aliphatic heterocycles. The van der Waals surface area contributed by atoms with Crippen LogP contribution >= 0.6 is 23.2 Å². The number of imidazole rings is 1. The molecule has 0 bridgehead atoms. The number of nitrogens with one attached hydrogen (secondary N) is 2. The summed E-state index contributed by atoms with van der Waals surface area (Å²) in [5.41, 5.74) is 1.98. The number of carbonyl (C=O) groups excluding carboxylic acids is 1. The first kappa shape index (κ1) is 17.4. The number of fused-ring (bicyclic) bond motifs is 1. The van der Waals surface area contributed by atoms with E-state index in [2.05, 4.69) is 15.3 Å². The standard InChI is InChI=1S/C20H19Cl2N3O/c21-14-11-16-17(12-15(14)22)24-19(23-16)25-18(26)20(9-5-2-6-10-20)13-7-3-1-4-8-13/h1,3-4,7-8,11-12H,2,5-6,9-10H2,(H2,23,24,25,26). The van der Waals surface area contributed by atoms with Crippen LogP contribution in [0.4, 0.5) is 5.95 Å². The Balaban J connectivity index is 1.67. The number of hydrogen-bond acceptors (Lipinski definition) is 2. The highest BCUT2D eigenvalue weighted by atomic mass is 35.5. The molecule has 1 aliphatic carbocycles. The highest BCUT2D eigenvalue weighted by molar-refractivity contribution is 6.42. The zero-order valence-corrected chi connectivity index (χ0v) is 15.7. The molecule has 0 atom stereocenters. The average molecular weight is 388 g/mol. The summed E-state index contributed by atoms with van der Waals surface area (Å²) in [6, 6.07) is 13.5. The second kappa shape index (κ2) is 6.93. The van der Waals surface area contributed by atoms with Crippen molar-refractivity contribution >= 4 is 46.1 Å². The molecule has 1 heterocycles. The molecular formula is C20H19Cl2N3O. The molecule has 0 saturated heterocycles. The lowest BCUT2D eigenvalue weighted by Crippen LogP contribution is -2.42. The predicted octanol–water partition coefficient (Wildman–Crippen LogP) is 5.71. The van der Waals surface area contributed by atoms with Crippen LogP contribution in [0.15, 0.2) is 42.5 Å². The number of amides is 1. The van der Waals surface area contributed by atoms with Crippen molar-refractivity contribution in [1.82, 2.24) is 9.97 Å². The quantitative estimate of drug-likeness (QED) is 0.604. The molecule has 1 saturated carbocycles. The Morgan fingerprint density at radius 1 is 1.04 bits per heavy atom. The van der Waals surface area contributed by atoms with Gasteiger partial charge < -0.3 is 4.98 Å². The summed E-state index contributed by atoms with van der Waals surface area (Å²) in [7, 11) is 0. The third-order valence-corrected chi connectivity index (χ3v) is 5.95. The molecule has 4 rings (SSSR count). The van der Waals surface area contributed by atoms with Gasteiger partial charge in [0.25, 0.3) is 0 Å². The Bertz CT molecular complexity index is 907. The van der Waals surface area contributed by atoms with E-state index < -0.39 is 5.41 Å². The van der Waals surface area contributed by atoms with Gasteiger partial charge in [-0.1, -0.05) is 72.8 Å². The van der Waals surface area contributed by atoms with Gasteiger partial charge in [0.2, 0.25) is 11.9 Å². The molecule has 2 N–H and O–H groups in total. The minimum atomic E-state index is -0.506. The van der Waals surface area contributed by atoms with E-state index in [1.54, 1.807) is 12.1 Å². The predicted molar refractivity (Wildman–Crippen MR) is 106 cm³/mol. The summed E-state index contributed by atoms with van der Waals surface area (Å²) in [5, 5.41) is 3.88. The van der Waals surface area contributed by atoms with Crippen LogP contribution in [-0.4, -0.2) is 15.9 Å². The van der Waals surface area contributed by atoms with Crippen LogP contribution in [0.2, 0.25) is 10.0 Å². The molecule has 4 nitrogen and oxygen atoms in total. The van der Waals surface area contributed by atoms with E-state index in [9.17, 15) is 4.79 Å². The van der Waals surface area contributed by atoms with Crippen molar-refractivity contribution < 1.29 is 4.79 Å². The van der Waals surface area contributed by atoms with Crippen molar-refractivity contribution in [3.8, 4) is 0 Å². The van der Waals surface area contributed by atoms with Gasteiger partial charge in [-0.3, -0.25) is 10.1 Å². The highest BCUT2D eigenvalue weighted by Crippen LogP contribution is 2.40. The zero-order chi connectivity index (χ0) is 18.1. The molecule has 1 fully saturated rings. The van der Waals surface area contributed by atoms with Crippen LogP contribution < -0.4 is 5.32 Å².